The van der Waals surface area contributed by atoms with Gasteiger partial charge in [0.25, 0.3) is 0 Å². The average Bonchev–Trinajstić information content (AvgIpc) is 3.08. The Morgan fingerprint density at radius 1 is 1.47 bits per heavy atom. The highest BCUT2D eigenvalue weighted by Crippen LogP contribution is 2.44. The molecule has 94 valence electrons. The van der Waals surface area contributed by atoms with E-state index in [0.717, 1.165) is 12.8 Å². The number of nitrogen functional groups attached to an aromatic ring is 1. The molecule has 1 heterocycles. The highest BCUT2D eigenvalue weighted by molar-refractivity contribution is 7.89. The predicted molar refractivity (Wildman–Crippen MR) is 62.6 cm³/mol. The summed E-state index contributed by atoms with van der Waals surface area (Å²) in [6.45, 7) is 0.270. The number of rotatable bonds is 5. The van der Waals surface area contributed by atoms with Crippen molar-refractivity contribution in [2.24, 2.45) is 5.41 Å². The number of anilines is 1. The fourth-order valence-electron chi connectivity index (χ4n) is 1.45. The molecule has 0 unspecified atom stereocenters. The molecule has 1 aliphatic carbocycles. The van der Waals surface area contributed by atoms with Gasteiger partial charge in [0.15, 0.2) is 0 Å². The number of pyridine rings is 1. The molecule has 0 aromatic carbocycles. The van der Waals surface area contributed by atoms with Crippen molar-refractivity contribution in [2.45, 2.75) is 17.7 Å². The molecule has 17 heavy (non-hydrogen) atoms. The van der Waals surface area contributed by atoms with Gasteiger partial charge in [0.2, 0.25) is 10.0 Å². The van der Waals surface area contributed by atoms with E-state index in [-0.39, 0.29) is 29.3 Å². The lowest BCUT2D eigenvalue weighted by molar-refractivity contribution is 0.213. The minimum Gasteiger partial charge on any atom is -0.396 e. The van der Waals surface area contributed by atoms with E-state index in [0.29, 0.717) is 0 Å². The zero-order valence-corrected chi connectivity index (χ0v) is 10.1. The molecule has 0 spiro atoms. The standard InChI is InChI=1S/C10H15N3O3S/c11-9-2-1-8(5-12-9)17(15,16)13-6-10(7-14)3-4-10/h1-2,5,13-14H,3-4,6-7H2,(H2,11,12). The van der Waals surface area contributed by atoms with Gasteiger partial charge in [-0.15, -0.1) is 0 Å². The maximum absolute atomic E-state index is 11.9. The largest absolute Gasteiger partial charge is 0.396 e. The monoisotopic (exact) mass is 257 g/mol. The molecule has 0 atom stereocenters. The summed E-state index contributed by atoms with van der Waals surface area (Å²) in [5.74, 6) is 0.276. The molecule has 1 fully saturated rings. The number of nitrogens with two attached hydrogens (primary N) is 1. The Morgan fingerprint density at radius 2 is 2.18 bits per heavy atom. The molecule has 0 bridgehead atoms. The topological polar surface area (TPSA) is 105 Å². The molecule has 2 rings (SSSR count). The van der Waals surface area contributed by atoms with Crippen LogP contribution in [0.1, 0.15) is 12.8 Å². The van der Waals surface area contributed by atoms with E-state index < -0.39 is 10.0 Å². The number of aliphatic hydroxyl groups excluding tert-OH is 1. The molecule has 4 N–H and O–H groups in total. The minimum absolute atomic E-state index is 0.00943. The van der Waals surface area contributed by atoms with Gasteiger partial charge in [-0.25, -0.2) is 18.1 Å². The van der Waals surface area contributed by atoms with Crippen LogP contribution in [0.25, 0.3) is 0 Å². The third-order valence-electron chi connectivity index (χ3n) is 3.00. The van der Waals surface area contributed by atoms with Crippen LogP contribution in [0.15, 0.2) is 23.2 Å². The smallest absolute Gasteiger partial charge is 0.242 e. The highest BCUT2D eigenvalue weighted by atomic mass is 32.2. The lowest BCUT2D eigenvalue weighted by Gasteiger charge is -2.12. The van der Waals surface area contributed by atoms with Crippen molar-refractivity contribution in [1.82, 2.24) is 9.71 Å². The van der Waals surface area contributed by atoms with E-state index in [1.165, 1.54) is 18.3 Å². The normalized spacial score (nSPS) is 17.9. The quantitative estimate of drug-likeness (QED) is 0.672. The van der Waals surface area contributed by atoms with Crippen molar-refractivity contribution in [3.05, 3.63) is 18.3 Å². The molecule has 7 heteroatoms. The second-order valence-electron chi connectivity index (χ2n) is 4.40. The molecule has 0 radical (unpaired) electrons. The van der Waals surface area contributed by atoms with Gasteiger partial charge in [-0.3, -0.25) is 0 Å². The van der Waals surface area contributed by atoms with E-state index in [2.05, 4.69) is 9.71 Å². The molecular formula is C10H15N3O3S. The van der Waals surface area contributed by atoms with Crippen molar-refractivity contribution in [3.8, 4) is 0 Å². The SMILES string of the molecule is Nc1ccc(S(=O)(=O)NCC2(CO)CC2)cn1. The molecular weight excluding hydrogens is 242 g/mol. The number of hydrogen-bond donors (Lipinski definition) is 3. The summed E-state index contributed by atoms with van der Waals surface area (Å²) in [5, 5.41) is 9.10. The van der Waals surface area contributed by atoms with Crippen molar-refractivity contribution in [3.63, 3.8) is 0 Å². The van der Waals surface area contributed by atoms with Crippen molar-refractivity contribution >= 4 is 15.8 Å². The van der Waals surface area contributed by atoms with Crippen molar-refractivity contribution < 1.29 is 13.5 Å². The van der Waals surface area contributed by atoms with Gasteiger partial charge >= 0.3 is 0 Å². The number of nitrogens with zero attached hydrogens (tertiary/aromatic N) is 1. The fraction of sp³-hybridized carbons (Fsp3) is 0.500. The third kappa shape index (κ3) is 2.74. The summed E-state index contributed by atoms with van der Waals surface area (Å²) in [6, 6.07) is 2.84. The first-order chi connectivity index (χ1) is 7.97. The molecule has 0 saturated heterocycles. The molecule has 1 aromatic rings. The van der Waals surface area contributed by atoms with Crippen molar-refractivity contribution in [1.29, 1.82) is 0 Å². The summed E-state index contributed by atoms with van der Waals surface area (Å²) in [4.78, 5) is 3.82. The van der Waals surface area contributed by atoms with Crippen LogP contribution in [0.4, 0.5) is 5.82 Å². The number of hydrogen-bond acceptors (Lipinski definition) is 5. The van der Waals surface area contributed by atoms with Crippen LogP contribution in [0.2, 0.25) is 0 Å². The Hall–Kier alpha value is -1.18. The zero-order valence-electron chi connectivity index (χ0n) is 9.26. The lowest BCUT2D eigenvalue weighted by atomic mass is 10.1. The number of aliphatic hydroxyl groups is 1. The summed E-state index contributed by atoms with van der Waals surface area (Å²) in [7, 11) is -3.56. The number of nitrogens with one attached hydrogen (secondary N) is 1. The molecule has 1 aromatic heterocycles. The van der Waals surface area contributed by atoms with Gasteiger partial charge in [-0.2, -0.15) is 0 Å². The Labute approximate surface area is 99.9 Å². The van der Waals surface area contributed by atoms with E-state index >= 15 is 0 Å². The first kappa shape index (κ1) is 12.3. The Balaban J connectivity index is 2.06. The van der Waals surface area contributed by atoms with Crippen LogP contribution in [0.3, 0.4) is 0 Å². The number of aromatic nitrogens is 1. The maximum atomic E-state index is 11.9. The van der Waals surface area contributed by atoms with Crippen molar-refractivity contribution in [2.75, 3.05) is 18.9 Å². The van der Waals surface area contributed by atoms with Crippen LogP contribution < -0.4 is 10.5 Å². The van der Waals surface area contributed by atoms with E-state index in [4.69, 9.17) is 10.8 Å². The Bertz CT molecular complexity index is 494. The van der Waals surface area contributed by atoms with Crippen LogP contribution in [-0.2, 0) is 10.0 Å². The Kier molecular flexibility index (Phi) is 3.07. The van der Waals surface area contributed by atoms with Gasteiger partial charge in [-0.1, -0.05) is 0 Å². The van der Waals surface area contributed by atoms with E-state index in [1.807, 2.05) is 0 Å². The summed E-state index contributed by atoms with van der Waals surface area (Å²) >= 11 is 0. The van der Waals surface area contributed by atoms with Crippen LogP contribution >= 0.6 is 0 Å². The second kappa shape index (κ2) is 4.25. The van der Waals surface area contributed by atoms with Crippen LogP contribution in [0, 0.1) is 5.41 Å². The summed E-state index contributed by atoms with van der Waals surface area (Å²) in [5.41, 5.74) is 5.13. The Morgan fingerprint density at radius 3 is 2.65 bits per heavy atom. The molecule has 0 aliphatic heterocycles. The first-order valence-electron chi connectivity index (χ1n) is 5.30. The van der Waals surface area contributed by atoms with Crippen LogP contribution in [-0.4, -0.2) is 31.7 Å². The summed E-state index contributed by atoms with van der Waals surface area (Å²) < 4.78 is 26.2. The number of sulfonamides is 1. The lowest BCUT2D eigenvalue weighted by Crippen LogP contribution is -2.32. The second-order valence-corrected chi connectivity index (χ2v) is 6.17. The van der Waals surface area contributed by atoms with Crippen LogP contribution in [0.5, 0.6) is 0 Å². The minimum atomic E-state index is -3.56. The third-order valence-corrected chi connectivity index (χ3v) is 4.39. The molecule has 1 aliphatic rings. The summed E-state index contributed by atoms with van der Waals surface area (Å²) in [6.07, 6.45) is 2.92. The fourth-order valence-corrected chi connectivity index (χ4v) is 2.55. The van der Waals surface area contributed by atoms with Gasteiger partial charge in [0.05, 0.1) is 0 Å². The molecule has 6 nitrogen and oxygen atoms in total. The molecule has 1 saturated carbocycles. The van der Waals surface area contributed by atoms with Gasteiger partial charge in [-0.05, 0) is 25.0 Å². The highest BCUT2D eigenvalue weighted by Gasteiger charge is 2.42. The predicted octanol–water partition coefficient (Wildman–Crippen LogP) is -0.285. The molecule has 0 amide bonds. The van der Waals surface area contributed by atoms with Gasteiger partial charge < -0.3 is 10.8 Å². The maximum Gasteiger partial charge on any atom is 0.242 e. The van der Waals surface area contributed by atoms with Gasteiger partial charge in [0.1, 0.15) is 10.7 Å². The first-order valence-corrected chi connectivity index (χ1v) is 6.78. The van der Waals surface area contributed by atoms with E-state index in [1.54, 1.807) is 0 Å². The van der Waals surface area contributed by atoms with Gasteiger partial charge in [0, 0.05) is 24.8 Å². The average molecular weight is 257 g/mol. The zero-order chi connectivity index (χ0) is 12.5. The van der Waals surface area contributed by atoms with E-state index in [9.17, 15) is 8.42 Å².